The number of aliphatic hydroxyl groups excluding tert-OH is 1. The minimum atomic E-state index is -0.383. The molecule has 0 aliphatic heterocycles. The second-order valence-electron chi connectivity index (χ2n) is 4.27. The van der Waals surface area contributed by atoms with Crippen molar-refractivity contribution in [2.45, 2.75) is 13.5 Å². The van der Waals surface area contributed by atoms with E-state index in [0.29, 0.717) is 19.7 Å². The third kappa shape index (κ3) is 8.75. The predicted molar refractivity (Wildman–Crippen MR) is 86.3 cm³/mol. The van der Waals surface area contributed by atoms with Crippen LogP contribution in [0.25, 0.3) is 0 Å². The average Bonchev–Trinajstić information content (AvgIpc) is 2.57. The van der Waals surface area contributed by atoms with Crippen LogP contribution < -0.4 is 4.74 Å². The summed E-state index contributed by atoms with van der Waals surface area (Å²) in [6.07, 6.45) is 2.70. The summed E-state index contributed by atoms with van der Waals surface area (Å²) in [5.41, 5.74) is 0.954. The number of benzene rings is 1. The Kier molecular flexibility index (Phi) is 12.4. The number of rotatable bonds is 8. The summed E-state index contributed by atoms with van der Waals surface area (Å²) >= 11 is 2.22. The van der Waals surface area contributed by atoms with Crippen LogP contribution in [-0.4, -0.2) is 36.2 Å². The number of hydrogen-bond acceptors (Lipinski definition) is 4. The van der Waals surface area contributed by atoms with E-state index < -0.39 is 0 Å². The van der Waals surface area contributed by atoms with E-state index in [9.17, 15) is 9.90 Å². The van der Waals surface area contributed by atoms with Crippen LogP contribution in [0.3, 0.4) is 0 Å². The Morgan fingerprint density at radius 3 is 2.52 bits per heavy atom. The molecule has 1 amide bonds. The van der Waals surface area contributed by atoms with Gasteiger partial charge in [0.15, 0.2) is 0 Å². The van der Waals surface area contributed by atoms with Gasteiger partial charge < -0.3 is 14.6 Å². The quantitative estimate of drug-likeness (QED) is 0.296. The third-order valence-electron chi connectivity index (χ3n) is 2.73. The first-order valence-electron chi connectivity index (χ1n) is 6.78. The van der Waals surface area contributed by atoms with Crippen LogP contribution in [0.5, 0.6) is 5.75 Å². The van der Waals surface area contributed by atoms with Crippen molar-refractivity contribution in [2.75, 3.05) is 20.3 Å². The summed E-state index contributed by atoms with van der Waals surface area (Å²) in [5.74, 6) is 0.0391. The first-order chi connectivity index (χ1) is 11.1. The van der Waals surface area contributed by atoms with Gasteiger partial charge in [0.1, 0.15) is 12.3 Å². The molecule has 0 aliphatic rings. The van der Waals surface area contributed by atoms with Gasteiger partial charge >= 0.3 is 27.7 Å². The predicted octanol–water partition coefficient (Wildman–Crippen LogP) is 3.19. The molecule has 1 aromatic carbocycles. The van der Waals surface area contributed by atoms with Gasteiger partial charge in [0, 0.05) is 6.54 Å². The van der Waals surface area contributed by atoms with Crippen LogP contribution in [0, 0.1) is 13.3 Å². The topological polar surface area (TPSA) is 59.0 Å². The summed E-state index contributed by atoms with van der Waals surface area (Å²) < 4.78 is 9.94. The molecule has 0 saturated heterocycles. The van der Waals surface area contributed by atoms with Crippen LogP contribution in [-0.2, 0) is 34.3 Å². The number of carbonyl (C=O) groups is 1. The molecule has 23 heavy (non-hydrogen) atoms. The van der Waals surface area contributed by atoms with E-state index in [1.165, 1.54) is 0 Å². The Morgan fingerprint density at radius 2 is 2.04 bits per heavy atom. The van der Waals surface area contributed by atoms with Crippen molar-refractivity contribution in [3.05, 3.63) is 55.2 Å². The normalized spacial score (nSPS) is 10.3. The molecule has 0 atom stereocenters. The Balaban J connectivity index is 0.00000232. The Bertz CT molecular complexity index is 479. The number of ether oxygens (including phenoxy) is 2. The number of amides is 1. The van der Waals surface area contributed by atoms with Crippen molar-refractivity contribution in [1.29, 1.82) is 0 Å². The van der Waals surface area contributed by atoms with Gasteiger partial charge in [-0.15, -0.1) is 6.92 Å². The first kappa shape index (κ1) is 21.7. The molecule has 1 aromatic rings. The maximum absolute atomic E-state index is 12.1. The van der Waals surface area contributed by atoms with Crippen molar-refractivity contribution in [3.63, 3.8) is 0 Å². The molecule has 0 spiro atoms. The van der Waals surface area contributed by atoms with Crippen LogP contribution in [0.15, 0.2) is 36.3 Å². The van der Waals surface area contributed by atoms with Gasteiger partial charge in [-0.2, -0.15) is 0 Å². The van der Waals surface area contributed by atoms with Gasteiger partial charge in [-0.3, -0.25) is 9.69 Å². The molecule has 0 unspecified atom stereocenters. The summed E-state index contributed by atoms with van der Waals surface area (Å²) in [5, 5.41) is 9.42. The van der Waals surface area contributed by atoms with E-state index in [2.05, 4.69) is 34.6 Å². The minimum absolute atomic E-state index is 0.301. The average molecular weight is 433 g/mol. The van der Waals surface area contributed by atoms with Crippen molar-refractivity contribution in [3.8, 4) is 5.75 Å². The number of hydrogen-bond donors (Lipinski definition) is 1. The van der Waals surface area contributed by atoms with Gasteiger partial charge in [-0.25, -0.2) is 0 Å². The zero-order chi connectivity index (χ0) is 17.7. The molecular weight excluding hydrogens is 412 g/mol. The molecular formula is C16H21ClNO4Pd+. The molecule has 7 heteroatoms. The Labute approximate surface area is 152 Å². The zero-order valence-electron chi connectivity index (χ0n) is 13.1. The van der Waals surface area contributed by atoms with Crippen molar-refractivity contribution in [1.82, 2.24) is 4.90 Å². The van der Waals surface area contributed by atoms with E-state index in [4.69, 9.17) is 9.47 Å². The standard InChI is InChI=1S/C16H21NO4.ClH.Pd/c1-4-10-17(15(18)11-16(19)21-5-2)12-13-6-8-14(20-3)9-7-13;;/h4,6-9,11,19H,1,5,10,12H2,2-3H3;1H;/q;;+2/p-1/b16-11+;;. The molecule has 5 nitrogen and oxygen atoms in total. The van der Waals surface area contributed by atoms with E-state index in [1.807, 2.05) is 24.3 Å². The molecule has 130 valence electrons. The molecule has 0 radical (unpaired) electrons. The van der Waals surface area contributed by atoms with Gasteiger partial charge in [0.25, 0.3) is 11.9 Å². The van der Waals surface area contributed by atoms with Gasteiger partial charge in [-0.1, -0.05) is 18.6 Å². The molecule has 0 aliphatic carbocycles. The van der Waals surface area contributed by atoms with E-state index in [1.54, 1.807) is 25.4 Å². The van der Waals surface area contributed by atoms with E-state index in [0.717, 1.165) is 17.4 Å². The summed E-state index contributed by atoms with van der Waals surface area (Å²) in [6.45, 7) is 6.45. The second kappa shape index (κ2) is 13.1. The van der Waals surface area contributed by atoms with Gasteiger partial charge in [0.05, 0.1) is 19.8 Å². The molecule has 1 rings (SSSR count). The van der Waals surface area contributed by atoms with Crippen LogP contribution >= 0.6 is 9.53 Å². The molecule has 1 N–H and O–H groups in total. The van der Waals surface area contributed by atoms with Crippen molar-refractivity contribution < 1.29 is 37.6 Å². The van der Waals surface area contributed by atoms with Crippen molar-refractivity contribution in [2.24, 2.45) is 0 Å². The van der Waals surface area contributed by atoms with Crippen molar-refractivity contribution >= 4 is 15.4 Å². The zero-order valence-corrected chi connectivity index (χ0v) is 15.4. The first-order valence-corrected chi connectivity index (χ1v) is 8.79. The fourth-order valence-electron chi connectivity index (χ4n) is 1.73. The third-order valence-corrected chi connectivity index (χ3v) is 2.73. The molecule has 0 aromatic heterocycles. The van der Waals surface area contributed by atoms with Crippen LogP contribution in [0.4, 0.5) is 0 Å². The number of aliphatic hydroxyl groups is 1. The van der Waals surface area contributed by atoms with Crippen LogP contribution in [0.2, 0.25) is 0 Å². The molecule has 0 saturated carbocycles. The van der Waals surface area contributed by atoms with E-state index >= 15 is 0 Å². The summed E-state index contributed by atoms with van der Waals surface area (Å²) in [7, 11) is 6.09. The van der Waals surface area contributed by atoms with Crippen LogP contribution in [0.1, 0.15) is 12.5 Å². The maximum atomic E-state index is 12.1. The van der Waals surface area contributed by atoms with E-state index in [-0.39, 0.29) is 11.9 Å². The number of halogens is 1. The number of nitrogens with zero attached hydrogens (tertiary/aromatic N) is 1. The second-order valence-corrected chi connectivity index (χ2v) is 4.27. The summed E-state index contributed by atoms with van der Waals surface area (Å²) in [6, 6.07) is 7.43. The van der Waals surface area contributed by atoms with Gasteiger partial charge in [0.2, 0.25) is 0 Å². The fraction of sp³-hybridized carbons (Fsp3) is 0.312. The number of carbonyl (C=O) groups excluding carboxylic acids is 1. The van der Waals surface area contributed by atoms with Gasteiger partial charge in [-0.05, 0) is 24.6 Å². The summed E-state index contributed by atoms with van der Waals surface area (Å²) in [4.78, 5) is 13.6. The Hall–Kier alpha value is -1.35. The monoisotopic (exact) mass is 432 g/mol. The Morgan fingerprint density at radius 1 is 1.43 bits per heavy atom. The SMILES string of the molecule is [CH2-][CH+]CN(Cc1ccc(OC)cc1)C(=O)/C=C(\O)OCC.[Cl][Pd+]. The number of methoxy groups -OCH3 is 1. The molecule has 0 bridgehead atoms. The fourth-order valence-corrected chi connectivity index (χ4v) is 1.73. The molecule has 0 fully saturated rings. The molecule has 0 heterocycles.